The molecule has 2 amide bonds. The molecule has 1 saturated heterocycles. The van der Waals surface area contributed by atoms with E-state index < -0.39 is 0 Å². The Morgan fingerprint density at radius 1 is 1.55 bits per heavy atom. The standard InChI is InChI=1S/C15H23N3O2/c1-12-4-3-8-18(11-12)15(19)17-7-9-20-14-6-2-5-13(16)10-14/h2,5-6,10,12H,3-4,7-9,11,16H2,1H3,(H,17,19). The summed E-state index contributed by atoms with van der Waals surface area (Å²) in [5, 5.41) is 2.89. The van der Waals surface area contributed by atoms with Gasteiger partial charge >= 0.3 is 6.03 Å². The van der Waals surface area contributed by atoms with E-state index in [-0.39, 0.29) is 6.03 Å². The van der Waals surface area contributed by atoms with Crippen molar-refractivity contribution in [3.05, 3.63) is 24.3 Å². The van der Waals surface area contributed by atoms with Gasteiger partial charge in [-0.3, -0.25) is 0 Å². The molecular formula is C15H23N3O2. The van der Waals surface area contributed by atoms with Gasteiger partial charge in [0.15, 0.2) is 0 Å². The first-order valence-corrected chi connectivity index (χ1v) is 7.16. The second kappa shape index (κ2) is 7.03. The molecular weight excluding hydrogens is 254 g/mol. The number of carbonyl (C=O) groups excluding carboxylic acids is 1. The number of anilines is 1. The smallest absolute Gasteiger partial charge is 0.317 e. The lowest BCUT2D eigenvalue weighted by molar-refractivity contribution is 0.168. The molecule has 1 fully saturated rings. The van der Waals surface area contributed by atoms with Crippen molar-refractivity contribution in [3.8, 4) is 5.75 Å². The van der Waals surface area contributed by atoms with Gasteiger partial charge in [-0.2, -0.15) is 0 Å². The summed E-state index contributed by atoms with van der Waals surface area (Å²) in [7, 11) is 0. The Bertz CT molecular complexity index is 450. The molecule has 5 nitrogen and oxygen atoms in total. The Morgan fingerprint density at radius 3 is 3.15 bits per heavy atom. The Hall–Kier alpha value is -1.91. The first kappa shape index (κ1) is 14.5. The number of rotatable bonds is 4. The van der Waals surface area contributed by atoms with Gasteiger partial charge in [0.2, 0.25) is 0 Å². The SMILES string of the molecule is CC1CCCN(C(=O)NCCOc2cccc(N)c2)C1. The van der Waals surface area contributed by atoms with Crippen LogP contribution in [0.1, 0.15) is 19.8 Å². The van der Waals surface area contributed by atoms with Gasteiger partial charge in [-0.25, -0.2) is 4.79 Å². The van der Waals surface area contributed by atoms with Crippen LogP contribution in [0.2, 0.25) is 0 Å². The van der Waals surface area contributed by atoms with E-state index in [2.05, 4.69) is 12.2 Å². The van der Waals surface area contributed by atoms with Gasteiger partial charge in [-0.05, 0) is 30.9 Å². The molecule has 1 aromatic rings. The third-order valence-electron chi connectivity index (χ3n) is 3.45. The second-order valence-corrected chi connectivity index (χ2v) is 5.35. The summed E-state index contributed by atoms with van der Waals surface area (Å²) in [5.41, 5.74) is 6.34. The largest absolute Gasteiger partial charge is 0.492 e. The number of likely N-dealkylation sites (tertiary alicyclic amines) is 1. The van der Waals surface area contributed by atoms with E-state index in [9.17, 15) is 4.79 Å². The molecule has 1 unspecified atom stereocenters. The van der Waals surface area contributed by atoms with Crippen LogP contribution in [0.5, 0.6) is 5.75 Å². The maximum Gasteiger partial charge on any atom is 0.317 e. The van der Waals surface area contributed by atoms with Crippen molar-refractivity contribution in [1.29, 1.82) is 0 Å². The van der Waals surface area contributed by atoms with Gasteiger partial charge in [0.1, 0.15) is 12.4 Å². The molecule has 0 spiro atoms. The number of hydrogen-bond acceptors (Lipinski definition) is 3. The second-order valence-electron chi connectivity index (χ2n) is 5.35. The summed E-state index contributed by atoms with van der Waals surface area (Å²) in [6.07, 6.45) is 2.30. The molecule has 0 saturated carbocycles. The number of carbonyl (C=O) groups is 1. The topological polar surface area (TPSA) is 67.6 Å². The predicted molar refractivity (Wildman–Crippen MR) is 79.7 cm³/mol. The lowest BCUT2D eigenvalue weighted by Gasteiger charge is -2.30. The van der Waals surface area contributed by atoms with Crippen LogP contribution in [0.3, 0.4) is 0 Å². The fraction of sp³-hybridized carbons (Fsp3) is 0.533. The average Bonchev–Trinajstić information content (AvgIpc) is 2.43. The molecule has 3 N–H and O–H groups in total. The molecule has 1 aliphatic rings. The van der Waals surface area contributed by atoms with Crippen LogP contribution in [0.4, 0.5) is 10.5 Å². The van der Waals surface area contributed by atoms with Crippen LogP contribution in [0.15, 0.2) is 24.3 Å². The summed E-state index contributed by atoms with van der Waals surface area (Å²) < 4.78 is 5.53. The number of urea groups is 1. The molecule has 0 bridgehead atoms. The molecule has 1 heterocycles. The minimum absolute atomic E-state index is 0.00715. The highest BCUT2D eigenvalue weighted by Crippen LogP contribution is 2.15. The van der Waals surface area contributed by atoms with E-state index >= 15 is 0 Å². The number of nitrogen functional groups attached to an aromatic ring is 1. The van der Waals surface area contributed by atoms with E-state index in [1.807, 2.05) is 23.1 Å². The molecule has 0 aliphatic carbocycles. The maximum atomic E-state index is 11.9. The Morgan fingerprint density at radius 2 is 2.40 bits per heavy atom. The minimum Gasteiger partial charge on any atom is -0.492 e. The summed E-state index contributed by atoms with van der Waals surface area (Å²) in [6.45, 7) is 4.83. The van der Waals surface area contributed by atoms with E-state index in [0.717, 1.165) is 25.3 Å². The Labute approximate surface area is 120 Å². The number of nitrogens with zero attached hydrogens (tertiary/aromatic N) is 1. The number of piperidine rings is 1. The lowest BCUT2D eigenvalue weighted by Crippen LogP contribution is -2.45. The van der Waals surface area contributed by atoms with Crippen molar-refractivity contribution in [2.75, 3.05) is 32.0 Å². The quantitative estimate of drug-likeness (QED) is 0.654. The van der Waals surface area contributed by atoms with Gasteiger partial charge in [0.25, 0.3) is 0 Å². The van der Waals surface area contributed by atoms with Crippen molar-refractivity contribution >= 4 is 11.7 Å². The van der Waals surface area contributed by atoms with E-state index in [1.54, 1.807) is 6.07 Å². The molecule has 0 aromatic heterocycles. The minimum atomic E-state index is 0.00715. The highest BCUT2D eigenvalue weighted by molar-refractivity contribution is 5.74. The molecule has 0 radical (unpaired) electrons. The number of nitrogens with two attached hydrogens (primary N) is 1. The molecule has 110 valence electrons. The normalized spacial score (nSPS) is 18.6. The fourth-order valence-corrected chi connectivity index (χ4v) is 2.42. The van der Waals surface area contributed by atoms with Crippen molar-refractivity contribution < 1.29 is 9.53 Å². The molecule has 5 heteroatoms. The third kappa shape index (κ3) is 4.33. The van der Waals surface area contributed by atoms with E-state index in [0.29, 0.717) is 24.8 Å². The van der Waals surface area contributed by atoms with Crippen LogP contribution >= 0.6 is 0 Å². The highest BCUT2D eigenvalue weighted by atomic mass is 16.5. The lowest BCUT2D eigenvalue weighted by atomic mass is 10.0. The summed E-state index contributed by atoms with van der Waals surface area (Å²) in [5.74, 6) is 1.32. The first-order valence-electron chi connectivity index (χ1n) is 7.16. The van der Waals surface area contributed by atoms with Crippen LogP contribution in [0, 0.1) is 5.92 Å². The molecule has 1 atom stereocenters. The summed E-state index contributed by atoms with van der Waals surface area (Å²) in [4.78, 5) is 13.8. The number of ether oxygens (including phenoxy) is 1. The van der Waals surface area contributed by atoms with Crippen molar-refractivity contribution in [3.63, 3.8) is 0 Å². The van der Waals surface area contributed by atoms with E-state index in [4.69, 9.17) is 10.5 Å². The fourth-order valence-electron chi connectivity index (χ4n) is 2.42. The van der Waals surface area contributed by atoms with Gasteiger partial charge in [-0.15, -0.1) is 0 Å². The van der Waals surface area contributed by atoms with Crippen LogP contribution in [-0.2, 0) is 0 Å². The monoisotopic (exact) mass is 277 g/mol. The number of amides is 2. The highest BCUT2D eigenvalue weighted by Gasteiger charge is 2.20. The molecule has 1 aromatic carbocycles. The zero-order chi connectivity index (χ0) is 14.4. The summed E-state index contributed by atoms with van der Waals surface area (Å²) in [6, 6.07) is 7.29. The predicted octanol–water partition coefficient (Wildman–Crippen LogP) is 2.09. The van der Waals surface area contributed by atoms with Gasteiger partial charge in [0.05, 0.1) is 6.54 Å². The van der Waals surface area contributed by atoms with Crippen molar-refractivity contribution in [1.82, 2.24) is 10.2 Å². The zero-order valence-electron chi connectivity index (χ0n) is 12.0. The molecule has 1 aliphatic heterocycles. The van der Waals surface area contributed by atoms with Crippen LogP contribution in [-0.4, -0.2) is 37.2 Å². The van der Waals surface area contributed by atoms with Gasteiger partial charge in [0, 0.05) is 24.8 Å². The van der Waals surface area contributed by atoms with E-state index in [1.165, 1.54) is 6.42 Å². The number of benzene rings is 1. The van der Waals surface area contributed by atoms with Gasteiger partial charge in [-0.1, -0.05) is 13.0 Å². The van der Waals surface area contributed by atoms with Crippen molar-refractivity contribution in [2.24, 2.45) is 5.92 Å². The average molecular weight is 277 g/mol. The van der Waals surface area contributed by atoms with Crippen LogP contribution in [0.25, 0.3) is 0 Å². The zero-order valence-corrected chi connectivity index (χ0v) is 12.0. The Balaban J connectivity index is 1.66. The maximum absolute atomic E-state index is 11.9. The first-order chi connectivity index (χ1) is 9.65. The van der Waals surface area contributed by atoms with Gasteiger partial charge < -0.3 is 20.7 Å². The van der Waals surface area contributed by atoms with Crippen LogP contribution < -0.4 is 15.8 Å². The third-order valence-corrected chi connectivity index (χ3v) is 3.45. The summed E-state index contributed by atoms with van der Waals surface area (Å²) >= 11 is 0. The molecule has 2 rings (SSSR count). The van der Waals surface area contributed by atoms with Crippen molar-refractivity contribution in [2.45, 2.75) is 19.8 Å². The number of hydrogen-bond donors (Lipinski definition) is 2. The Kier molecular flexibility index (Phi) is 5.09. The number of nitrogens with one attached hydrogen (secondary N) is 1. The molecule has 20 heavy (non-hydrogen) atoms.